The molecule has 0 rings (SSSR count). The van der Waals surface area contributed by atoms with Crippen LogP contribution in [0.5, 0.6) is 0 Å². The van der Waals surface area contributed by atoms with E-state index in [-0.39, 0.29) is 12.3 Å². The predicted molar refractivity (Wildman–Crippen MR) is 55.1 cm³/mol. The third-order valence-electron chi connectivity index (χ3n) is 1.17. The average Bonchev–Trinajstić information content (AvgIpc) is 2.00. The summed E-state index contributed by atoms with van der Waals surface area (Å²) in [6.07, 6.45) is -0.714. The molecule has 0 saturated carbocycles. The van der Waals surface area contributed by atoms with Crippen LogP contribution in [0, 0.1) is 0 Å². The van der Waals surface area contributed by atoms with Crippen molar-refractivity contribution in [2.24, 2.45) is 0 Å². The first kappa shape index (κ1) is 13.5. The number of rotatable bonds is 3. The van der Waals surface area contributed by atoms with E-state index in [0.717, 1.165) is 0 Å². The van der Waals surface area contributed by atoms with E-state index in [9.17, 15) is 9.59 Å². The van der Waals surface area contributed by atoms with Gasteiger partial charge in [-0.1, -0.05) is 6.58 Å². The van der Waals surface area contributed by atoms with E-state index in [1.54, 1.807) is 27.7 Å². The first-order valence-electron chi connectivity index (χ1n) is 4.62. The van der Waals surface area contributed by atoms with Gasteiger partial charge in [0.15, 0.2) is 0 Å². The fraction of sp³-hybridized carbons (Fsp3) is 0.600. The Labute approximate surface area is 89.4 Å². The van der Waals surface area contributed by atoms with Crippen LogP contribution in [0.4, 0.5) is 4.79 Å². The molecule has 0 bridgehead atoms. The molecule has 0 aliphatic rings. The van der Waals surface area contributed by atoms with Gasteiger partial charge in [-0.15, -0.1) is 0 Å². The van der Waals surface area contributed by atoms with Crippen molar-refractivity contribution in [3.8, 4) is 0 Å². The summed E-state index contributed by atoms with van der Waals surface area (Å²) in [5.74, 6) is -0.671. The normalized spacial score (nSPS) is 10.4. The SMILES string of the molecule is C=C(NC(=O)OCC)C(=O)OC(C)(C)C. The van der Waals surface area contributed by atoms with Gasteiger partial charge in [0.05, 0.1) is 6.61 Å². The van der Waals surface area contributed by atoms with Crippen LogP contribution in [0.15, 0.2) is 12.3 Å². The van der Waals surface area contributed by atoms with Gasteiger partial charge in [-0.2, -0.15) is 0 Å². The quantitative estimate of drug-likeness (QED) is 0.573. The molecule has 0 atom stereocenters. The van der Waals surface area contributed by atoms with Crippen molar-refractivity contribution >= 4 is 12.1 Å². The van der Waals surface area contributed by atoms with Gasteiger partial charge in [0.2, 0.25) is 0 Å². The van der Waals surface area contributed by atoms with Gasteiger partial charge >= 0.3 is 12.1 Å². The molecule has 0 spiro atoms. The van der Waals surface area contributed by atoms with Crippen LogP contribution < -0.4 is 5.32 Å². The second-order valence-corrected chi connectivity index (χ2v) is 3.83. The van der Waals surface area contributed by atoms with Crippen molar-refractivity contribution in [2.45, 2.75) is 33.3 Å². The minimum Gasteiger partial charge on any atom is -0.455 e. The number of hydrogen-bond donors (Lipinski definition) is 1. The lowest BCUT2D eigenvalue weighted by molar-refractivity contribution is -0.150. The summed E-state index contributed by atoms with van der Waals surface area (Å²) in [5.41, 5.74) is -0.750. The van der Waals surface area contributed by atoms with Gasteiger partial charge in [0.25, 0.3) is 0 Å². The summed E-state index contributed by atoms with van der Waals surface area (Å²) in [4.78, 5) is 22.2. The molecular weight excluding hydrogens is 198 g/mol. The van der Waals surface area contributed by atoms with Crippen LogP contribution in [0.25, 0.3) is 0 Å². The average molecular weight is 215 g/mol. The summed E-state index contributed by atoms with van der Waals surface area (Å²) in [6.45, 7) is 10.4. The van der Waals surface area contributed by atoms with E-state index in [1.807, 2.05) is 0 Å². The lowest BCUT2D eigenvalue weighted by atomic mass is 10.2. The van der Waals surface area contributed by atoms with E-state index in [1.165, 1.54) is 0 Å². The highest BCUT2D eigenvalue weighted by Gasteiger charge is 2.19. The smallest absolute Gasteiger partial charge is 0.411 e. The zero-order valence-corrected chi connectivity index (χ0v) is 9.55. The highest BCUT2D eigenvalue weighted by Crippen LogP contribution is 2.08. The van der Waals surface area contributed by atoms with Crippen LogP contribution >= 0.6 is 0 Å². The standard InChI is InChI=1S/C10H17NO4/c1-6-14-9(13)11-7(2)8(12)15-10(3,4)5/h2,6H2,1,3-5H3,(H,11,13). The number of amides is 1. The molecule has 0 aromatic heterocycles. The predicted octanol–water partition coefficient (Wildman–Crippen LogP) is 1.59. The molecule has 0 aliphatic carbocycles. The molecule has 0 saturated heterocycles. The van der Waals surface area contributed by atoms with Gasteiger partial charge in [-0.05, 0) is 27.7 Å². The van der Waals surface area contributed by atoms with Crippen molar-refractivity contribution in [1.29, 1.82) is 0 Å². The van der Waals surface area contributed by atoms with Crippen molar-refractivity contribution in [2.75, 3.05) is 6.61 Å². The molecule has 86 valence electrons. The van der Waals surface area contributed by atoms with Gasteiger partial charge < -0.3 is 9.47 Å². The highest BCUT2D eigenvalue weighted by molar-refractivity contribution is 5.91. The maximum atomic E-state index is 11.3. The fourth-order valence-corrected chi connectivity index (χ4v) is 0.681. The minimum absolute atomic E-state index is 0.136. The molecule has 0 aliphatic heterocycles. The van der Waals surface area contributed by atoms with E-state index >= 15 is 0 Å². The third-order valence-corrected chi connectivity index (χ3v) is 1.17. The molecule has 5 heteroatoms. The Bertz CT molecular complexity index is 265. The molecule has 5 nitrogen and oxygen atoms in total. The van der Waals surface area contributed by atoms with E-state index < -0.39 is 17.7 Å². The zero-order chi connectivity index (χ0) is 12.1. The second-order valence-electron chi connectivity index (χ2n) is 3.83. The van der Waals surface area contributed by atoms with Gasteiger partial charge in [0, 0.05) is 0 Å². The summed E-state index contributed by atoms with van der Waals surface area (Å²) in [6, 6.07) is 0. The summed E-state index contributed by atoms with van der Waals surface area (Å²) in [7, 11) is 0. The topological polar surface area (TPSA) is 64.6 Å². The fourth-order valence-electron chi connectivity index (χ4n) is 0.681. The third kappa shape index (κ3) is 6.54. The summed E-state index contributed by atoms with van der Waals surface area (Å²) < 4.78 is 9.54. The number of carbonyl (C=O) groups is 2. The van der Waals surface area contributed by atoms with E-state index in [0.29, 0.717) is 0 Å². The summed E-state index contributed by atoms with van der Waals surface area (Å²) >= 11 is 0. The second kappa shape index (κ2) is 5.38. The van der Waals surface area contributed by atoms with Gasteiger partial charge in [0.1, 0.15) is 11.3 Å². The zero-order valence-electron chi connectivity index (χ0n) is 9.55. The van der Waals surface area contributed by atoms with Gasteiger partial charge in [-0.25, -0.2) is 9.59 Å². The number of esters is 1. The monoisotopic (exact) mass is 215 g/mol. The Morgan fingerprint density at radius 3 is 2.27 bits per heavy atom. The summed E-state index contributed by atoms with van der Waals surface area (Å²) in [5, 5.41) is 2.17. The van der Waals surface area contributed by atoms with Crippen molar-refractivity contribution in [3.63, 3.8) is 0 Å². The molecule has 0 heterocycles. The number of alkyl carbamates (subject to hydrolysis) is 1. The molecule has 0 radical (unpaired) electrons. The van der Waals surface area contributed by atoms with Crippen LogP contribution in [0.2, 0.25) is 0 Å². The first-order chi connectivity index (χ1) is 6.76. The van der Waals surface area contributed by atoms with Crippen LogP contribution in [0.1, 0.15) is 27.7 Å². The van der Waals surface area contributed by atoms with Gasteiger partial charge in [-0.3, -0.25) is 5.32 Å². The number of nitrogens with one attached hydrogen (secondary N) is 1. The molecular formula is C10H17NO4. The highest BCUT2D eigenvalue weighted by atomic mass is 16.6. The Balaban J connectivity index is 4.12. The van der Waals surface area contributed by atoms with Crippen LogP contribution in [-0.2, 0) is 14.3 Å². The number of hydrogen-bond acceptors (Lipinski definition) is 4. The lowest BCUT2D eigenvalue weighted by Crippen LogP contribution is -2.32. The molecule has 0 unspecified atom stereocenters. The number of carbonyl (C=O) groups excluding carboxylic acids is 2. The lowest BCUT2D eigenvalue weighted by Gasteiger charge is -2.20. The van der Waals surface area contributed by atoms with Crippen molar-refractivity contribution < 1.29 is 19.1 Å². The molecule has 15 heavy (non-hydrogen) atoms. The molecule has 0 fully saturated rings. The minimum atomic E-state index is -0.714. The Kier molecular flexibility index (Phi) is 4.84. The van der Waals surface area contributed by atoms with Crippen molar-refractivity contribution in [1.82, 2.24) is 5.32 Å². The molecule has 1 N–H and O–H groups in total. The van der Waals surface area contributed by atoms with Crippen molar-refractivity contribution in [3.05, 3.63) is 12.3 Å². The first-order valence-corrected chi connectivity index (χ1v) is 4.62. The Morgan fingerprint density at radius 2 is 1.87 bits per heavy atom. The van der Waals surface area contributed by atoms with E-state index in [2.05, 4.69) is 16.6 Å². The maximum Gasteiger partial charge on any atom is 0.411 e. The molecule has 0 aromatic rings. The number of ether oxygens (including phenoxy) is 2. The largest absolute Gasteiger partial charge is 0.455 e. The molecule has 1 amide bonds. The Morgan fingerprint density at radius 1 is 1.33 bits per heavy atom. The molecule has 0 aromatic carbocycles. The Hall–Kier alpha value is -1.52. The van der Waals surface area contributed by atoms with Crippen LogP contribution in [0.3, 0.4) is 0 Å². The van der Waals surface area contributed by atoms with Crippen LogP contribution in [-0.4, -0.2) is 24.3 Å². The van der Waals surface area contributed by atoms with E-state index in [4.69, 9.17) is 4.74 Å². The maximum absolute atomic E-state index is 11.3.